The topological polar surface area (TPSA) is 101 Å². The van der Waals surface area contributed by atoms with Crippen LogP contribution in [0.4, 0.5) is 17.1 Å². The second kappa shape index (κ2) is 9.51. The first-order valence-electron chi connectivity index (χ1n) is 10.3. The number of benzene rings is 2. The van der Waals surface area contributed by atoms with Gasteiger partial charge in [-0.05, 0) is 43.4 Å². The van der Waals surface area contributed by atoms with Gasteiger partial charge in [-0.1, -0.05) is 17.7 Å². The Balaban J connectivity index is 1.59. The molecule has 0 saturated carbocycles. The highest BCUT2D eigenvalue weighted by Gasteiger charge is 2.23. The Hall–Kier alpha value is -3.56. The molecule has 1 aliphatic rings. The fourth-order valence-corrected chi connectivity index (χ4v) is 4.05. The fourth-order valence-electron chi connectivity index (χ4n) is 3.75. The molecule has 172 valence electrons. The molecule has 10 heteroatoms. The molecule has 0 radical (unpaired) electrons. The van der Waals surface area contributed by atoms with E-state index in [1.54, 1.807) is 24.3 Å². The van der Waals surface area contributed by atoms with E-state index >= 15 is 0 Å². The molecule has 1 aliphatic heterocycles. The van der Waals surface area contributed by atoms with Crippen molar-refractivity contribution in [3.63, 3.8) is 0 Å². The number of nitro benzene ring substituents is 1. The summed E-state index contributed by atoms with van der Waals surface area (Å²) in [6.07, 6.45) is 0. The van der Waals surface area contributed by atoms with Crippen molar-refractivity contribution >= 4 is 34.6 Å². The van der Waals surface area contributed by atoms with E-state index in [-0.39, 0.29) is 22.8 Å². The summed E-state index contributed by atoms with van der Waals surface area (Å²) in [6.45, 7) is 3.35. The maximum Gasteiger partial charge on any atom is 0.291 e. The molecule has 0 aliphatic carbocycles. The van der Waals surface area contributed by atoms with Crippen LogP contribution in [-0.4, -0.2) is 56.1 Å². The lowest BCUT2D eigenvalue weighted by Crippen LogP contribution is -2.44. The minimum absolute atomic E-state index is 0.0272. The second-order valence-corrected chi connectivity index (χ2v) is 8.09. The number of hydrogen-bond donors (Lipinski definition) is 1. The van der Waals surface area contributed by atoms with Crippen molar-refractivity contribution in [3.8, 4) is 17.1 Å². The van der Waals surface area contributed by atoms with Crippen molar-refractivity contribution in [2.45, 2.75) is 0 Å². The molecule has 0 spiro atoms. The number of piperazine rings is 1. The SMILES string of the molecule is COc1ccc(-c2ccc(C(=O)Nc3cccc(Cl)c3N3CCN(C)CC3)o2)c([N+](=O)[O-])c1. The molecule has 1 amide bonds. The Morgan fingerprint density at radius 1 is 1.15 bits per heavy atom. The molecule has 2 heterocycles. The third kappa shape index (κ3) is 4.79. The lowest BCUT2D eigenvalue weighted by molar-refractivity contribution is -0.384. The third-order valence-electron chi connectivity index (χ3n) is 5.55. The average molecular weight is 471 g/mol. The summed E-state index contributed by atoms with van der Waals surface area (Å²) in [4.78, 5) is 28.3. The number of ether oxygens (including phenoxy) is 1. The largest absolute Gasteiger partial charge is 0.497 e. The van der Waals surface area contributed by atoms with Crippen LogP contribution in [0.1, 0.15) is 10.6 Å². The van der Waals surface area contributed by atoms with Crippen LogP contribution in [0.15, 0.2) is 52.9 Å². The van der Waals surface area contributed by atoms with E-state index in [0.717, 1.165) is 31.9 Å². The summed E-state index contributed by atoms with van der Waals surface area (Å²) >= 11 is 6.48. The molecule has 33 heavy (non-hydrogen) atoms. The Morgan fingerprint density at radius 3 is 2.61 bits per heavy atom. The molecule has 3 aromatic rings. The number of nitrogens with zero attached hydrogens (tertiary/aromatic N) is 3. The van der Waals surface area contributed by atoms with Gasteiger partial charge in [-0.2, -0.15) is 0 Å². The van der Waals surface area contributed by atoms with E-state index in [4.69, 9.17) is 20.8 Å². The first-order valence-corrected chi connectivity index (χ1v) is 10.7. The molecular weight excluding hydrogens is 448 g/mol. The molecule has 9 nitrogen and oxygen atoms in total. The van der Waals surface area contributed by atoms with Crippen molar-refractivity contribution < 1.29 is 18.9 Å². The number of rotatable bonds is 6. The van der Waals surface area contributed by atoms with Crippen LogP contribution in [0.5, 0.6) is 5.75 Å². The molecular formula is C23H23ClN4O5. The Labute approximate surface area is 195 Å². The highest BCUT2D eigenvalue weighted by Crippen LogP contribution is 2.36. The minimum atomic E-state index is -0.519. The molecule has 0 bridgehead atoms. The molecule has 1 saturated heterocycles. The Morgan fingerprint density at radius 2 is 1.91 bits per heavy atom. The van der Waals surface area contributed by atoms with Gasteiger partial charge in [-0.15, -0.1) is 0 Å². The van der Waals surface area contributed by atoms with Crippen LogP contribution in [0.3, 0.4) is 0 Å². The number of amides is 1. The molecule has 0 unspecified atom stereocenters. The number of carbonyl (C=O) groups is 1. The van der Waals surface area contributed by atoms with Crippen LogP contribution in [-0.2, 0) is 0 Å². The van der Waals surface area contributed by atoms with E-state index in [0.29, 0.717) is 16.5 Å². The summed E-state index contributed by atoms with van der Waals surface area (Å²) in [6, 6.07) is 12.8. The van der Waals surface area contributed by atoms with Crippen molar-refractivity contribution in [3.05, 3.63) is 69.4 Å². The molecule has 2 aromatic carbocycles. The lowest BCUT2D eigenvalue weighted by atomic mass is 10.1. The van der Waals surface area contributed by atoms with Crippen LogP contribution < -0.4 is 15.0 Å². The van der Waals surface area contributed by atoms with Crippen molar-refractivity contribution in [1.82, 2.24) is 4.90 Å². The number of methoxy groups -OCH3 is 1. The van der Waals surface area contributed by atoms with Gasteiger partial charge in [-0.3, -0.25) is 14.9 Å². The van der Waals surface area contributed by atoms with Gasteiger partial charge in [0.2, 0.25) is 0 Å². The van der Waals surface area contributed by atoms with Crippen molar-refractivity contribution in [2.24, 2.45) is 0 Å². The van der Waals surface area contributed by atoms with E-state index in [9.17, 15) is 14.9 Å². The number of anilines is 2. The average Bonchev–Trinajstić information content (AvgIpc) is 3.30. The quantitative estimate of drug-likeness (QED) is 0.417. The Bertz CT molecular complexity index is 1190. The number of para-hydroxylation sites is 1. The number of nitrogens with one attached hydrogen (secondary N) is 1. The first-order chi connectivity index (χ1) is 15.9. The number of likely N-dealkylation sites (N-methyl/N-ethyl adjacent to an activating group) is 1. The van der Waals surface area contributed by atoms with E-state index < -0.39 is 10.8 Å². The standard InChI is InChI=1S/C23H23ClN4O5/c1-26-10-12-27(13-11-26)22-17(24)4-3-5-18(22)25-23(29)21-9-8-20(33-21)16-7-6-15(32-2)14-19(16)28(30)31/h3-9,14H,10-13H2,1-2H3,(H,25,29). The van der Waals surface area contributed by atoms with Crippen LogP contribution in [0, 0.1) is 10.1 Å². The lowest BCUT2D eigenvalue weighted by Gasteiger charge is -2.35. The van der Waals surface area contributed by atoms with E-state index in [2.05, 4.69) is 22.2 Å². The molecule has 1 N–H and O–H groups in total. The highest BCUT2D eigenvalue weighted by molar-refractivity contribution is 6.34. The number of hydrogen-bond acceptors (Lipinski definition) is 7. The molecule has 0 atom stereocenters. The third-order valence-corrected chi connectivity index (χ3v) is 5.86. The maximum atomic E-state index is 12.9. The predicted molar refractivity (Wildman–Crippen MR) is 126 cm³/mol. The molecule has 4 rings (SSSR count). The number of halogens is 1. The second-order valence-electron chi connectivity index (χ2n) is 7.68. The van der Waals surface area contributed by atoms with Gasteiger partial charge in [0.25, 0.3) is 11.6 Å². The van der Waals surface area contributed by atoms with E-state index in [1.165, 1.54) is 31.4 Å². The van der Waals surface area contributed by atoms with Gasteiger partial charge < -0.3 is 24.3 Å². The van der Waals surface area contributed by atoms with Crippen LogP contribution in [0.25, 0.3) is 11.3 Å². The number of furan rings is 1. The number of carbonyl (C=O) groups excluding carboxylic acids is 1. The van der Waals surface area contributed by atoms with Gasteiger partial charge in [0.05, 0.1) is 40.1 Å². The zero-order valence-electron chi connectivity index (χ0n) is 18.2. The van der Waals surface area contributed by atoms with Crippen molar-refractivity contribution in [2.75, 3.05) is 50.6 Å². The highest BCUT2D eigenvalue weighted by atomic mass is 35.5. The van der Waals surface area contributed by atoms with Crippen LogP contribution >= 0.6 is 11.6 Å². The van der Waals surface area contributed by atoms with Gasteiger partial charge >= 0.3 is 0 Å². The summed E-state index contributed by atoms with van der Waals surface area (Å²) in [5.41, 5.74) is 1.41. The summed E-state index contributed by atoms with van der Waals surface area (Å²) in [7, 11) is 3.49. The van der Waals surface area contributed by atoms with Gasteiger partial charge in [0, 0.05) is 26.2 Å². The predicted octanol–water partition coefficient (Wildman–Crippen LogP) is 4.52. The summed E-state index contributed by atoms with van der Waals surface area (Å²) in [5, 5.41) is 14.9. The Kier molecular flexibility index (Phi) is 6.52. The smallest absolute Gasteiger partial charge is 0.291 e. The van der Waals surface area contributed by atoms with Gasteiger partial charge in [0.1, 0.15) is 11.5 Å². The van der Waals surface area contributed by atoms with Crippen LogP contribution in [0.2, 0.25) is 5.02 Å². The molecule has 1 aromatic heterocycles. The normalized spacial score (nSPS) is 14.2. The zero-order chi connectivity index (χ0) is 23.5. The van der Waals surface area contributed by atoms with Gasteiger partial charge in [0.15, 0.2) is 5.76 Å². The number of nitro groups is 1. The van der Waals surface area contributed by atoms with Crippen molar-refractivity contribution in [1.29, 1.82) is 0 Å². The summed E-state index contributed by atoms with van der Waals surface area (Å²) < 4.78 is 10.8. The first kappa shape index (κ1) is 22.6. The molecule has 1 fully saturated rings. The zero-order valence-corrected chi connectivity index (χ0v) is 19.0. The minimum Gasteiger partial charge on any atom is -0.497 e. The van der Waals surface area contributed by atoms with E-state index in [1.807, 2.05) is 0 Å². The summed E-state index contributed by atoms with van der Waals surface area (Å²) in [5.74, 6) is 0.113. The maximum absolute atomic E-state index is 12.9. The van der Waals surface area contributed by atoms with Gasteiger partial charge in [-0.25, -0.2) is 0 Å². The monoisotopic (exact) mass is 470 g/mol. The fraction of sp³-hybridized carbons (Fsp3) is 0.261.